The lowest BCUT2D eigenvalue weighted by Crippen LogP contribution is -2.26. The fraction of sp³-hybridized carbons (Fsp3) is 0.545. The molecule has 102 valence electrons. The summed E-state index contributed by atoms with van der Waals surface area (Å²) in [4.78, 5) is 11.7. The van der Waals surface area contributed by atoms with Gasteiger partial charge in [-0.2, -0.15) is 0 Å². The number of nitrogens with one attached hydrogen (secondary N) is 1. The Bertz CT molecular complexity index is 534. The van der Waals surface area contributed by atoms with Crippen molar-refractivity contribution in [2.45, 2.75) is 25.2 Å². The molecule has 1 aromatic rings. The molecule has 1 amide bonds. The average Bonchev–Trinajstić information content (AvgIpc) is 2.59. The number of carbonyl (C=O) groups excluding carboxylic acids is 1. The van der Waals surface area contributed by atoms with E-state index < -0.39 is 9.05 Å². The molecular formula is C11H17ClN2O3S. The first-order chi connectivity index (χ1) is 8.21. The van der Waals surface area contributed by atoms with Crippen molar-refractivity contribution >= 4 is 25.6 Å². The highest BCUT2D eigenvalue weighted by Gasteiger charge is 2.18. The smallest absolute Gasteiger partial charge is 0.267 e. The summed E-state index contributed by atoms with van der Waals surface area (Å²) >= 11 is 0. The number of amides is 1. The topological polar surface area (TPSA) is 68.2 Å². The van der Waals surface area contributed by atoms with E-state index in [9.17, 15) is 13.2 Å². The Morgan fingerprint density at radius 1 is 1.50 bits per heavy atom. The van der Waals surface area contributed by atoms with E-state index in [-0.39, 0.29) is 16.5 Å². The lowest BCUT2D eigenvalue weighted by Gasteiger charge is -2.07. The molecular weight excluding hydrogens is 276 g/mol. The van der Waals surface area contributed by atoms with E-state index in [0.29, 0.717) is 12.5 Å². The Morgan fingerprint density at radius 2 is 2.11 bits per heavy atom. The predicted octanol–water partition coefficient (Wildman–Crippen LogP) is 1.73. The second-order valence-corrected chi connectivity index (χ2v) is 7.11. The van der Waals surface area contributed by atoms with Crippen LogP contribution in [0, 0.1) is 5.92 Å². The predicted molar refractivity (Wildman–Crippen MR) is 70.2 cm³/mol. The molecule has 1 heterocycles. The molecule has 0 bridgehead atoms. The fourth-order valence-corrected chi connectivity index (χ4v) is 2.25. The van der Waals surface area contributed by atoms with Crippen LogP contribution in [-0.4, -0.2) is 25.4 Å². The van der Waals surface area contributed by atoms with Gasteiger partial charge in [0.1, 0.15) is 10.6 Å². The van der Waals surface area contributed by atoms with Crippen molar-refractivity contribution in [3.8, 4) is 0 Å². The molecule has 5 nitrogen and oxygen atoms in total. The van der Waals surface area contributed by atoms with Crippen molar-refractivity contribution < 1.29 is 13.2 Å². The van der Waals surface area contributed by atoms with Crippen LogP contribution in [0.3, 0.4) is 0 Å². The molecule has 18 heavy (non-hydrogen) atoms. The molecule has 7 heteroatoms. The highest BCUT2D eigenvalue weighted by atomic mass is 35.7. The van der Waals surface area contributed by atoms with Crippen LogP contribution in [-0.2, 0) is 16.1 Å². The molecule has 1 N–H and O–H groups in total. The molecule has 0 atom stereocenters. The van der Waals surface area contributed by atoms with Crippen LogP contribution in [0.2, 0.25) is 0 Å². The molecule has 0 saturated carbocycles. The van der Waals surface area contributed by atoms with E-state index in [4.69, 9.17) is 10.7 Å². The van der Waals surface area contributed by atoms with Crippen molar-refractivity contribution in [2.75, 3.05) is 6.54 Å². The molecule has 0 spiro atoms. The quantitative estimate of drug-likeness (QED) is 0.840. The largest absolute Gasteiger partial charge is 0.351 e. The Labute approximate surface area is 112 Å². The van der Waals surface area contributed by atoms with Crippen LogP contribution in [0.5, 0.6) is 0 Å². The fourth-order valence-electron chi connectivity index (χ4n) is 1.46. The van der Waals surface area contributed by atoms with Gasteiger partial charge in [0.2, 0.25) is 0 Å². The monoisotopic (exact) mass is 292 g/mol. The molecule has 0 radical (unpaired) electrons. The van der Waals surface area contributed by atoms with Crippen LogP contribution in [0.4, 0.5) is 0 Å². The van der Waals surface area contributed by atoms with Gasteiger partial charge in [0.25, 0.3) is 15.0 Å². The van der Waals surface area contributed by atoms with Gasteiger partial charge in [-0.3, -0.25) is 4.79 Å². The standard InChI is InChI=1S/C11H17ClN2O3S/c1-8(2)4-5-13-11(15)10-6-9(7-14(10)3)18(12,16)17/h6-8H,4-5H2,1-3H3,(H,13,15). The maximum absolute atomic E-state index is 11.8. The summed E-state index contributed by atoms with van der Waals surface area (Å²) in [5.74, 6) is 0.196. The van der Waals surface area contributed by atoms with E-state index >= 15 is 0 Å². The first kappa shape index (κ1) is 15.0. The first-order valence-electron chi connectivity index (χ1n) is 5.61. The Balaban J connectivity index is 2.78. The summed E-state index contributed by atoms with van der Waals surface area (Å²) in [5.41, 5.74) is 0.276. The van der Waals surface area contributed by atoms with E-state index in [1.807, 2.05) is 0 Å². The van der Waals surface area contributed by atoms with Crippen molar-refractivity contribution in [3.05, 3.63) is 18.0 Å². The Kier molecular flexibility index (Phi) is 4.81. The highest BCUT2D eigenvalue weighted by molar-refractivity contribution is 8.13. The zero-order valence-corrected chi connectivity index (χ0v) is 12.2. The summed E-state index contributed by atoms with van der Waals surface area (Å²) in [6.45, 7) is 4.68. The van der Waals surface area contributed by atoms with Gasteiger partial charge in [0.05, 0.1) is 0 Å². The molecule has 0 aliphatic carbocycles. The third kappa shape index (κ3) is 4.03. The van der Waals surface area contributed by atoms with Crippen LogP contribution in [0.25, 0.3) is 0 Å². The number of aryl methyl sites for hydroxylation is 1. The highest BCUT2D eigenvalue weighted by Crippen LogP contribution is 2.17. The van der Waals surface area contributed by atoms with Gasteiger partial charge < -0.3 is 9.88 Å². The second kappa shape index (κ2) is 5.75. The third-order valence-corrected chi connectivity index (χ3v) is 3.82. The van der Waals surface area contributed by atoms with Gasteiger partial charge in [0.15, 0.2) is 0 Å². The minimum absolute atomic E-state index is 0.0688. The molecule has 0 aliphatic rings. The normalized spacial score (nSPS) is 11.8. The summed E-state index contributed by atoms with van der Waals surface area (Å²) < 4.78 is 23.7. The molecule has 1 aromatic heterocycles. The number of rotatable bonds is 5. The third-order valence-electron chi connectivity index (χ3n) is 2.50. The minimum atomic E-state index is -3.80. The number of hydrogen-bond donors (Lipinski definition) is 1. The number of nitrogens with zero attached hydrogens (tertiary/aromatic N) is 1. The van der Waals surface area contributed by atoms with Gasteiger partial charge in [-0.05, 0) is 18.4 Å². The lowest BCUT2D eigenvalue weighted by molar-refractivity contribution is 0.0944. The number of aromatic nitrogens is 1. The number of halogens is 1. The number of carbonyl (C=O) groups is 1. The van der Waals surface area contributed by atoms with Gasteiger partial charge in [-0.1, -0.05) is 13.8 Å². The van der Waals surface area contributed by atoms with Crippen molar-refractivity contribution in [2.24, 2.45) is 13.0 Å². The first-order valence-corrected chi connectivity index (χ1v) is 7.92. The van der Waals surface area contributed by atoms with E-state index in [0.717, 1.165) is 6.42 Å². The van der Waals surface area contributed by atoms with Gasteiger partial charge >= 0.3 is 0 Å². The van der Waals surface area contributed by atoms with Gasteiger partial charge in [-0.25, -0.2) is 8.42 Å². The van der Waals surface area contributed by atoms with Gasteiger partial charge in [-0.15, -0.1) is 0 Å². The SMILES string of the molecule is CC(C)CCNC(=O)c1cc(S(=O)(=O)Cl)cn1C. The Morgan fingerprint density at radius 3 is 2.56 bits per heavy atom. The van der Waals surface area contributed by atoms with Crippen LogP contribution in [0.1, 0.15) is 30.8 Å². The summed E-state index contributed by atoms with van der Waals surface area (Å²) in [7, 11) is 3.02. The van der Waals surface area contributed by atoms with E-state index in [1.54, 1.807) is 7.05 Å². The number of hydrogen-bond acceptors (Lipinski definition) is 3. The van der Waals surface area contributed by atoms with Crippen LogP contribution >= 0.6 is 10.7 Å². The van der Waals surface area contributed by atoms with Crippen molar-refractivity contribution in [1.82, 2.24) is 9.88 Å². The minimum Gasteiger partial charge on any atom is -0.351 e. The molecule has 0 aliphatic heterocycles. The van der Waals surface area contributed by atoms with Crippen molar-refractivity contribution in [3.63, 3.8) is 0 Å². The van der Waals surface area contributed by atoms with Crippen LogP contribution < -0.4 is 5.32 Å². The maximum Gasteiger partial charge on any atom is 0.267 e. The zero-order chi connectivity index (χ0) is 13.9. The summed E-state index contributed by atoms with van der Waals surface area (Å²) in [6.07, 6.45) is 2.19. The average molecular weight is 293 g/mol. The second-order valence-electron chi connectivity index (χ2n) is 4.55. The van der Waals surface area contributed by atoms with E-state index in [2.05, 4.69) is 19.2 Å². The molecule has 0 aromatic carbocycles. The lowest BCUT2D eigenvalue weighted by atomic mass is 10.1. The summed E-state index contributed by atoms with van der Waals surface area (Å²) in [6, 6.07) is 1.27. The van der Waals surface area contributed by atoms with Crippen molar-refractivity contribution in [1.29, 1.82) is 0 Å². The van der Waals surface area contributed by atoms with Crippen LogP contribution in [0.15, 0.2) is 17.2 Å². The molecule has 0 unspecified atom stereocenters. The zero-order valence-electron chi connectivity index (χ0n) is 10.6. The Hall–Kier alpha value is -1.01. The van der Waals surface area contributed by atoms with Gasteiger partial charge in [0, 0.05) is 30.5 Å². The van der Waals surface area contributed by atoms with E-state index in [1.165, 1.54) is 16.8 Å². The molecule has 0 saturated heterocycles. The molecule has 0 fully saturated rings. The maximum atomic E-state index is 11.8. The molecule has 1 rings (SSSR count). The summed E-state index contributed by atoms with van der Waals surface area (Å²) in [5, 5.41) is 2.74.